The van der Waals surface area contributed by atoms with Gasteiger partial charge in [-0.05, 0) is 69.3 Å². The monoisotopic (exact) mass is 516 g/mol. The molecule has 10 heteroatoms. The zero-order chi connectivity index (χ0) is 25.4. The predicted octanol–water partition coefficient (Wildman–Crippen LogP) is 4.98. The number of hydrogen-bond acceptors (Lipinski definition) is 7. The summed E-state index contributed by atoms with van der Waals surface area (Å²) >= 11 is 6.07. The predicted molar refractivity (Wildman–Crippen MR) is 134 cm³/mol. The second-order valence-corrected chi connectivity index (χ2v) is 9.24. The molecule has 1 amide bonds. The van der Waals surface area contributed by atoms with Gasteiger partial charge in [0.25, 0.3) is 5.91 Å². The van der Waals surface area contributed by atoms with Gasteiger partial charge in [0, 0.05) is 16.1 Å². The van der Waals surface area contributed by atoms with Crippen LogP contribution in [0.5, 0.6) is 17.2 Å². The van der Waals surface area contributed by atoms with Gasteiger partial charge in [-0.1, -0.05) is 29.3 Å². The summed E-state index contributed by atoms with van der Waals surface area (Å²) in [4.78, 5) is 12.6. The molecule has 0 fully saturated rings. The number of rotatable bonds is 10. The molecule has 0 radical (unpaired) electrons. The number of benzene rings is 3. The third kappa shape index (κ3) is 6.97. The van der Waals surface area contributed by atoms with Crippen LogP contribution in [0.3, 0.4) is 0 Å². The number of ether oxygens (including phenoxy) is 2. The lowest BCUT2D eigenvalue weighted by molar-refractivity contribution is 0.0954. The molecule has 0 atom stereocenters. The number of amides is 1. The molecular formula is C25H25ClN2O6S. The molecule has 3 aromatic carbocycles. The first-order valence-corrected chi connectivity index (χ1v) is 12.6. The molecule has 0 saturated heterocycles. The zero-order valence-corrected chi connectivity index (χ0v) is 21.0. The van der Waals surface area contributed by atoms with E-state index in [4.69, 9.17) is 25.3 Å². The minimum atomic E-state index is -4.09. The second-order valence-electron chi connectivity index (χ2n) is 7.26. The van der Waals surface area contributed by atoms with Gasteiger partial charge in [0.15, 0.2) is 17.2 Å². The van der Waals surface area contributed by atoms with E-state index in [0.29, 0.717) is 35.3 Å². The van der Waals surface area contributed by atoms with Crippen molar-refractivity contribution in [1.29, 1.82) is 0 Å². The van der Waals surface area contributed by atoms with Crippen molar-refractivity contribution in [2.75, 3.05) is 13.2 Å². The molecule has 0 heterocycles. The molecule has 0 aliphatic rings. The third-order valence-electron chi connectivity index (χ3n) is 4.66. The van der Waals surface area contributed by atoms with E-state index < -0.39 is 16.0 Å². The molecule has 184 valence electrons. The van der Waals surface area contributed by atoms with E-state index in [0.717, 1.165) is 5.56 Å². The Balaban J connectivity index is 1.78. The zero-order valence-electron chi connectivity index (χ0n) is 19.4. The number of nitrogens with one attached hydrogen (secondary N) is 1. The van der Waals surface area contributed by atoms with Gasteiger partial charge in [-0.2, -0.15) is 13.5 Å². The lowest BCUT2D eigenvalue weighted by atomic mass is 10.2. The maximum Gasteiger partial charge on any atom is 0.339 e. The van der Waals surface area contributed by atoms with Gasteiger partial charge in [-0.15, -0.1) is 0 Å². The van der Waals surface area contributed by atoms with Crippen LogP contribution in [0.4, 0.5) is 0 Å². The molecule has 1 N–H and O–H groups in total. The Morgan fingerprint density at radius 3 is 2.29 bits per heavy atom. The van der Waals surface area contributed by atoms with Gasteiger partial charge >= 0.3 is 10.1 Å². The van der Waals surface area contributed by atoms with Crippen molar-refractivity contribution < 1.29 is 26.9 Å². The fraction of sp³-hybridized carbons (Fsp3) is 0.200. The molecular weight excluding hydrogens is 492 g/mol. The fourth-order valence-corrected chi connectivity index (χ4v) is 4.12. The van der Waals surface area contributed by atoms with E-state index >= 15 is 0 Å². The Morgan fingerprint density at radius 2 is 1.60 bits per heavy atom. The van der Waals surface area contributed by atoms with E-state index in [9.17, 15) is 13.2 Å². The molecule has 3 rings (SSSR count). The third-order valence-corrected chi connectivity index (χ3v) is 6.14. The molecule has 0 aliphatic carbocycles. The maximum absolute atomic E-state index is 12.7. The van der Waals surface area contributed by atoms with Gasteiger partial charge in [-0.3, -0.25) is 4.79 Å². The summed E-state index contributed by atoms with van der Waals surface area (Å²) in [6.45, 7) is 6.40. The normalized spacial score (nSPS) is 11.3. The SMILES string of the molecule is CCOc1ccc(C(=O)N/N=C/c2cc(Cl)ccc2OS(=O)(=O)c2ccc(C)cc2)cc1OCC. The minimum absolute atomic E-state index is 0.00710. The molecule has 0 saturated carbocycles. The van der Waals surface area contributed by atoms with E-state index in [1.54, 1.807) is 30.3 Å². The highest BCUT2D eigenvalue weighted by Crippen LogP contribution is 2.29. The molecule has 8 nitrogen and oxygen atoms in total. The molecule has 3 aromatic rings. The van der Waals surface area contributed by atoms with Crippen LogP contribution in [0, 0.1) is 6.92 Å². The summed E-state index contributed by atoms with van der Waals surface area (Å²) in [6.07, 6.45) is 1.25. The van der Waals surface area contributed by atoms with Crippen molar-refractivity contribution in [3.8, 4) is 17.2 Å². The Kier molecular flexibility index (Phi) is 8.73. The number of nitrogens with zero attached hydrogens (tertiary/aromatic N) is 1. The number of aryl methyl sites for hydroxylation is 1. The minimum Gasteiger partial charge on any atom is -0.490 e. The molecule has 0 aromatic heterocycles. The molecule has 35 heavy (non-hydrogen) atoms. The highest BCUT2D eigenvalue weighted by atomic mass is 35.5. The van der Waals surface area contributed by atoms with Gasteiger partial charge < -0.3 is 13.7 Å². The largest absolute Gasteiger partial charge is 0.490 e. The topological polar surface area (TPSA) is 103 Å². The standard InChI is InChI=1S/C25H25ClN2O6S/c1-4-32-23-12-8-18(15-24(23)33-5-2)25(29)28-27-16-19-14-20(26)9-13-22(19)34-35(30,31)21-10-6-17(3)7-11-21/h6-16H,4-5H2,1-3H3,(H,28,29)/b27-16+. The lowest BCUT2D eigenvalue weighted by Crippen LogP contribution is -2.18. The number of carbonyl (C=O) groups is 1. The number of hydrazone groups is 1. The van der Waals surface area contributed by atoms with Crippen LogP contribution in [-0.2, 0) is 10.1 Å². The van der Waals surface area contributed by atoms with Crippen molar-refractivity contribution >= 4 is 33.8 Å². The van der Waals surface area contributed by atoms with Crippen LogP contribution in [-0.4, -0.2) is 33.8 Å². The van der Waals surface area contributed by atoms with Crippen LogP contribution in [0.25, 0.3) is 0 Å². The van der Waals surface area contributed by atoms with E-state index in [1.807, 2.05) is 20.8 Å². The molecule has 0 unspecified atom stereocenters. The summed E-state index contributed by atoms with van der Waals surface area (Å²) in [7, 11) is -4.09. The Hall–Kier alpha value is -3.56. The van der Waals surface area contributed by atoms with Crippen molar-refractivity contribution in [2.45, 2.75) is 25.7 Å². The first-order valence-electron chi connectivity index (χ1n) is 10.8. The van der Waals surface area contributed by atoms with Crippen molar-refractivity contribution in [3.05, 3.63) is 82.4 Å². The Labute approximate surface area is 209 Å². The summed E-state index contributed by atoms with van der Waals surface area (Å²) in [5, 5.41) is 4.28. The van der Waals surface area contributed by atoms with Crippen LogP contribution in [0.1, 0.15) is 35.3 Å². The maximum atomic E-state index is 12.7. The average Bonchev–Trinajstić information content (AvgIpc) is 2.82. The van der Waals surface area contributed by atoms with Crippen LogP contribution < -0.4 is 19.1 Å². The summed E-state index contributed by atoms with van der Waals surface area (Å²) in [6, 6.07) is 15.4. The highest BCUT2D eigenvalue weighted by Gasteiger charge is 2.18. The average molecular weight is 517 g/mol. The Morgan fingerprint density at radius 1 is 0.943 bits per heavy atom. The van der Waals surface area contributed by atoms with Gasteiger partial charge in [0.05, 0.1) is 19.4 Å². The van der Waals surface area contributed by atoms with Crippen LogP contribution in [0.2, 0.25) is 5.02 Å². The smallest absolute Gasteiger partial charge is 0.339 e. The second kappa shape index (κ2) is 11.7. The first-order chi connectivity index (χ1) is 16.7. The summed E-state index contributed by atoms with van der Waals surface area (Å²) in [5.74, 6) is 0.484. The van der Waals surface area contributed by atoms with Crippen molar-refractivity contribution in [1.82, 2.24) is 5.43 Å². The molecule has 0 aliphatic heterocycles. The van der Waals surface area contributed by atoms with Crippen molar-refractivity contribution in [3.63, 3.8) is 0 Å². The van der Waals surface area contributed by atoms with E-state index in [1.165, 1.54) is 36.5 Å². The number of carbonyl (C=O) groups excluding carboxylic acids is 1. The Bertz CT molecular complexity index is 1320. The quantitative estimate of drug-likeness (QED) is 0.231. The molecule has 0 spiro atoms. The highest BCUT2D eigenvalue weighted by molar-refractivity contribution is 7.87. The van der Waals surface area contributed by atoms with E-state index in [2.05, 4.69) is 10.5 Å². The van der Waals surface area contributed by atoms with E-state index in [-0.39, 0.29) is 16.2 Å². The van der Waals surface area contributed by atoms with Crippen LogP contribution >= 0.6 is 11.6 Å². The van der Waals surface area contributed by atoms with Crippen LogP contribution in [0.15, 0.2) is 70.7 Å². The van der Waals surface area contributed by atoms with Gasteiger partial charge in [-0.25, -0.2) is 5.43 Å². The number of halogens is 1. The fourth-order valence-electron chi connectivity index (χ4n) is 2.98. The van der Waals surface area contributed by atoms with Gasteiger partial charge in [0.2, 0.25) is 0 Å². The number of hydrogen-bond donors (Lipinski definition) is 1. The van der Waals surface area contributed by atoms with Crippen molar-refractivity contribution in [2.24, 2.45) is 5.10 Å². The summed E-state index contributed by atoms with van der Waals surface area (Å²) < 4.78 is 41.7. The first kappa shape index (κ1) is 26.1. The lowest BCUT2D eigenvalue weighted by Gasteiger charge is -2.12. The summed E-state index contributed by atoms with van der Waals surface area (Å²) in [5.41, 5.74) is 3.88. The molecule has 0 bridgehead atoms. The van der Waals surface area contributed by atoms with Gasteiger partial charge in [0.1, 0.15) is 4.90 Å².